The van der Waals surface area contributed by atoms with Crippen molar-refractivity contribution < 1.29 is 26.0 Å². The van der Waals surface area contributed by atoms with Crippen molar-refractivity contribution in [2.45, 2.75) is 17.2 Å². The Morgan fingerprint density at radius 2 is 1.85 bits per heavy atom. The molecule has 114 valence electrons. The average molecular weight is 355 g/mol. The fourth-order valence-corrected chi connectivity index (χ4v) is 2.91. The zero-order chi connectivity index (χ0) is 15.7. The van der Waals surface area contributed by atoms with Gasteiger partial charge in [0.1, 0.15) is 4.90 Å². The molecule has 0 aliphatic rings. The molecule has 0 aromatic heterocycles. The van der Waals surface area contributed by atoms with Gasteiger partial charge in [0, 0.05) is 0 Å². The van der Waals surface area contributed by atoms with Gasteiger partial charge in [0.05, 0.1) is 22.3 Å². The molecule has 0 saturated heterocycles. The van der Waals surface area contributed by atoms with Crippen LogP contribution in [-0.2, 0) is 10.0 Å². The van der Waals surface area contributed by atoms with Crippen molar-refractivity contribution in [2.24, 2.45) is 0 Å². The van der Waals surface area contributed by atoms with E-state index < -0.39 is 38.8 Å². The first-order valence-electron chi connectivity index (χ1n) is 4.88. The van der Waals surface area contributed by atoms with Crippen LogP contribution in [0.25, 0.3) is 0 Å². The molecular formula is C9H8Cl2F4N2O2S. The van der Waals surface area contributed by atoms with Crippen LogP contribution in [0, 0.1) is 0 Å². The summed E-state index contributed by atoms with van der Waals surface area (Å²) in [5.41, 5.74) is 5.12. The van der Waals surface area contributed by atoms with Gasteiger partial charge in [0.2, 0.25) is 10.0 Å². The first kappa shape index (κ1) is 17.3. The summed E-state index contributed by atoms with van der Waals surface area (Å²) in [5.74, 6) is -4.50. The molecule has 0 amide bonds. The van der Waals surface area contributed by atoms with Crippen molar-refractivity contribution >= 4 is 38.9 Å². The highest BCUT2D eigenvalue weighted by molar-refractivity contribution is 7.89. The third kappa shape index (κ3) is 3.66. The molecule has 0 aliphatic carbocycles. The first-order chi connectivity index (χ1) is 8.99. The van der Waals surface area contributed by atoms with Crippen molar-refractivity contribution in [1.29, 1.82) is 0 Å². The van der Waals surface area contributed by atoms with Crippen LogP contribution < -0.4 is 10.5 Å². The Morgan fingerprint density at radius 3 is 2.35 bits per heavy atom. The molecule has 0 spiro atoms. The van der Waals surface area contributed by atoms with Gasteiger partial charge in [-0.15, -0.1) is 0 Å². The summed E-state index contributed by atoms with van der Waals surface area (Å²) in [6.45, 7) is -1.77. The molecule has 1 rings (SSSR count). The lowest BCUT2D eigenvalue weighted by Crippen LogP contribution is -2.41. The molecule has 1 aromatic carbocycles. The monoisotopic (exact) mass is 354 g/mol. The summed E-state index contributed by atoms with van der Waals surface area (Å²) in [6.07, 6.45) is -4.00. The quantitative estimate of drug-likeness (QED) is 0.630. The second-order valence-electron chi connectivity index (χ2n) is 3.66. The number of anilines is 1. The number of hydrogen-bond acceptors (Lipinski definition) is 3. The van der Waals surface area contributed by atoms with E-state index >= 15 is 0 Å². The molecule has 3 N–H and O–H groups in total. The molecule has 20 heavy (non-hydrogen) atoms. The highest BCUT2D eigenvalue weighted by Gasteiger charge is 2.41. The summed E-state index contributed by atoms with van der Waals surface area (Å²) < 4.78 is 74.0. The lowest BCUT2D eigenvalue weighted by atomic mass is 10.3. The van der Waals surface area contributed by atoms with Crippen LogP contribution in [0.3, 0.4) is 0 Å². The summed E-state index contributed by atoms with van der Waals surface area (Å²) in [7, 11) is -4.53. The van der Waals surface area contributed by atoms with Crippen LogP contribution >= 0.6 is 23.2 Å². The normalized spacial score (nSPS) is 12.9. The number of nitrogen functional groups attached to an aromatic ring is 1. The molecule has 4 nitrogen and oxygen atoms in total. The standard InChI is InChI=1S/C9H8Cl2F4N2O2S/c10-4-1-2-5(6(11)7(4)16)20(18,19)17-3-9(14,15)8(12)13/h1-2,8,17H,3,16H2. The van der Waals surface area contributed by atoms with Gasteiger partial charge in [-0.3, -0.25) is 0 Å². The van der Waals surface area contributed by atoms with Crippen molar-refractivity contribution in [1.82, 2.24) is 4.72 Å². The van der Waals surface area contributed by atoms with E-state index in [9.17, 15) is 26.0 Å². The van der Waals surface area contributed by atoms with E-state index in [4.69, 9.17) is 28.9 Å². The van der Waals surface area contributed by atoms with E-state index in [0.717, 1.165) is 12.1 Å². The Labute approximate surface area is 121 Å². The van der Waals surface area contributed by atoms with Gasteiger partial charge in [0.25, 0.3) is 0 Å². The van der Waals surface area contributed by atoms with Gasteiger partial charge in [-0.25, -0.2) is 21.9 Å². The van der Waals surface area contributed by atoms with Gasteiger partial charge >= 0.3 is 12.3 Å². The van der Waals surface area contributed by atoms with E-state index in [2.05, 4.69) is 0 Å². The lowest BCUT2D eigenvalue weighted by Gasteiger charge is -2.16. The fourth-order valence-electron chi connectivity index (χ4n) is 1.10. The Balaban J connectivity index is 3.05. The van der Waals surface area contributed by atoms with Gasteiger partial charge in [-0.05, 0) is 12.1 Å². The first-order valence-corrected chi connectivity index (χ1v) is 7.12. The van der Waals surface area contributed by atoms with E-state index in [1.807, 2.05) is 0 Å². The summed E-state index contributed by atoms with van der Waals surface area (Å²) in [5, 5.41) is -0.516. The summed E-state index contributed by atoms with van der Waals surface area (Å²) in [6, 6.07) is 2.01. The maximum atomic E-state index is 12.7. The molecule has 11 heteroatoms. The molecule has 0 aliphatic heterocycles. The smallest absolute Gasteiger partial charge is 0.320 e. The van der Waals surface area contributed by atoms with Gasteiger partial charge in [-0.1, -0.05) is 23.2 Å². The number of alkyl halides is 4. The minimum atomic E-state index is -4.53. The van der Waals surface area contributed by atoms with Gasteiger partial charge in [0.15, 0.2) is 0 Å². The van der Waals surface area contributed by atoms with Gasteiger partial charge < -0.3 is 5.73 Å². The molecular weight excluding hydrogens is 347 g/mol. The lowest BCUT2D eigenvalue weighted by molar-refractivity contribution is -0.122. The zero-order valence-electron chi connectivity index (χ0n) is 9.51. The molecule has 1 aromatic rings. The van der Waals surface area contributed by atoms with Crippen LogP contribution in [0.1, 0.15) is 0 Å². The zero-order valence-corrected chi connectivity index (χ0v) is 11.8. The maximum Gasteiger partial charge on any atom is 0.320 e. The maximum absolute atomic E-state index is 12.7. The molecule has 0 heterocycles. The minimum absolute atomic E-state index is 0.0353. The summed E-state index contributed by atoms with van der Waals surface area (Å²) in [4.78, 5) is -0.633. The molecule has 0 unspecified atom stereocenters. The van der Waals surface area contributed by atoms with Crippen LogP contribution in [0.5, 0.6) is 0 Å². The fraction of sp³-hybridized carbons (Fsp3) is 0.333. The highest BCUT2D eigenvalue weighted by Crippen LogP contribution is 2.33. The largest absolute Gasteiger partial charge is 0.396 e. The van der Waals surface area contributed by atoms with Crippen molar-refractivity contribution in [3.8, 4) is 0 Å². The Hall–Kier alpha value is -0.770. The van der Waals surface area contributed by atoms with Crippen LogP contribution in [-0.4, -0.2) is 27.3 Å². The van der Waals surface area contributed by atoms with Crippen LogP contribution in [0.2, 0.25) is 10.0 Å². The molecule has 0 atom stereocenters. The Bertz CT molecular complexity index is 610. The predicted octanol–water partition coefficient (Wildman–Crippen LogP) is 2.75. The molecule has 0 radical (unpaired) electrons. The van der Waals surface area contributed by atoms with E-state index in [1.165, 1.54) is 4.72 Å². The summed E-state index contributed by atoms with van der Waals surface area (Å²) >= 11 is 11.2. The van der Waals surface area contributed by atoms with E-state index in [0.29, 0.717) is 0 Å². The Kier molecular flexibility index (Phi) is 5.12. The minimum Gasteiger partial charge on any atom is -0.396 e. The topological polar surface area (TPSA) is 72.2 Å². The Morgan fingerprint density at radius 1 is 1.30 bits per heavy atom. The molecule has 0 bridgehead atoms. The van der Waals surface area contributed by atoms with Crippen LogP contribution in [0.15, 0.2) is 17.0 Å². The predicted molar refractivity (Wildman–Crippen MR) is 67.0 cm³/mol. The number of nitrogens with one attached hydrogen (secondary N) is 1. The van der Waals surface area contributed by atoms with E-state index in [1.54, 1.807) is 0 Å². The number of rotatable bonds is 5. The van der Waals surface area contributed by atoms with Crippen molar-refractivity contribution in [2.75, 3.05) is 12.3 Å². The highest BCUT2D eigenvalue weighted by atomic mass is 35.5. The van der Waals surface area contributed by atoms with Gasteiger partial charge in [-0.2, -0.15) is 8.78 Å². The van der Waals surface area contributed by atoms with Crippen molar-refractivity contribution in [3.63, 3.8) is 0 Å². The second kappa shape index (κ2) is 5.92. The van der Waals surface area contributed by atoms with Crippen molar-refractivity contribution in [3.05, 3.63) is 22.2 Å². The molecule has 0 fully saturated rings. The van der Waals surface area contributed by atoms with Crippen LogP contribution in [0.4, 0.5) is 23.2 Å². The molecule has 0 saturated carbocycles. The number of benzene rings is 1. The third-order valence-corrected chi connectivity index (χ3v) is 4.49. The third-order valence-electron chi connectivity index (χ3n) is 2.20. The number of halogens is 6. The number of sulfonamides is 1. The average Bonchev–Trinajstić information content (AvgIpc) is 2.33. The van der Waals surface area contributed by atoms with E-state index in [-0.39, 0.29) is 10.7 Å². The number of hydrogen-bond donors (Lipinski definition) is 2. The number of nitrogens with two attached hydrogens (primary N) is 1. The second-order valence-corrected chi connectivity index (χ2v) is 6.18. The SMILES string of the molecule is Nc1c(Cl)ccc(S(=O)(=O)NCC(F)(F)C(F)F)c1Cl.